The van der Waals surface area contributed by atoms with Crippen LogP contribution in [0, 0.1) is 0 Å². The molecule has 0 aliphatic carbocycles. The van der Waals surface area contributed by atoms with Crippen molar-refractivity contribution < 1.29 is 9.90 Å². The minimum atomic E-state index is -0.939. The van der Waals surface area contributed by atoms with E-state index < -0.39 is 5.97 Å². The molecule has 2 heterocycles. The number of carboxylic acids is 1. The molecule has 0 amide bonds. The molecule has 0 aliphatic rings. The van der Waals surface area contributed by atoms with Crippen molar-refractivity contribution in [2.75, 3.05) is 0 Å². The van der Waals surface area contributed by atoms with Crippen molar-refractivity contribution in [1.82, 2.24) is 14.8 Å². The van der Waals surface area contributed by atoms with Crippen LogP contribution in [0.1, 0.15) is 35.6 Å². The van der Waals surface area contributed by atoms with Crippen LogP contribution in [0.2, 0.25) is 0 Å². The molecule has 5 nitrogen and oxygen atoms in total. The molecular formula is C14H17N3O2. The molecule has 0 unspecified atom stereocenters. The Hall–Kier alpha value is -2.17. The fraction of sp³-hybridized carbons (Fsp3) is 0.357. The first kappa shape index (κ1) is 13.3. The van der Waals surface area contributed by atoms with Crippen LogP contribution in [0.3, 0.4) is 0 Å². The third kappa shape index (κ3) is 2.23. The highest BCUT2D eigenvalue weighted by molar-refractivity contribution is 5.96. The Balaban J connectivity index is 2.74. The molecule has 2 aromatic rings. The van der Waals surface area contributed by atoms with Crippen LogP contribution < -0.4 is 0 Å². The van der Waals surface area contributed by atoms with Gasteiger partial charge in [0.25, 0.3) is 0 Å². The summed E-state index contributed by atoms with van der Waals surface area (Å²) < 4.78 is 1.83. The smallest absolute Gasteiger partial charge is 0.336 e. The van der Waals surface area contributed by atoms with Crippen LogP contribution in [0.4, 0.5) is 0 Å². The summed E-state index contributed by atoms with van der Waals surface area (Å²) in [5.74, 6) is -0.939. The number of hydrogen-bond donors (Lipinski definition) is 1. The van der Waals surface area contributed by atoms with Crippen molar-refractivity contribution in [2.45, 2.75) is 26.7 Å². The van der Waals surface area contributed by atoms with Crippen LogP contribution >= 0.6 is 0 Å². The summed E-state index contributed by atoms with van der Waals surface area (Å²) in [4.78, 5) is 15.4. The Morgan fingerprint density at radius 3 is 2.68 bits per heavy atom. The first-order valence-electron chi connectivity index (χ1n) is 6.32. The van der Waals surface area contributed by atoms with Gasteiger partial charge in [0, 0.05) is 36.3 Å². The van der Waals surface area contributed by atoms with E-state index in [1.807, 2.05) is 25.6 Å². The molecule has 0 aromatic carbocycles. The Kier molecular flexibility index (Phi) is 3.64. The zero-order valence-electron chi connectivity index (χ0n) is 11.3. The lowest BCUT2D eigenvalue weighted by atomic mass is 9.98. The number of carbonyl (C=O) groups is 1. The lowest BCUT2D eigenvalue weighted by molar-refractivity contribution is 0.0697. The highest BCUT2D eigenvalue weighted by atomic mass is 16.4. The van der Waals surface area contributed by atoms with Gasteiger partial charge in [-0.05, 0) is 18.9 Å². The summed E-state index contributed by atoms with van der Waals surface area (Å²) in [6, 6.07) is 1.53. The highest BCUT2D eigenvalue weighted by Crippen LogP contribution is 2.30. The van der Waals surface area contributed by atoms with Gasteiger partial charge >= 0.3 is 5.97 Å². The van der Waals surface area contributed by atoms with Crippen molar-refractivity contribution in [3.05, 3.63) is 35.4 Å². The molecule has 0 saturated heterocycles. The predicted molar refractivity (Wildman–Crippen MR) is 72.2 cm³/mol. The number of rotatable bonds is 4. The normalized spacial score (nSPS) is 10.7. The van der Waals surface area contributed by atoms with Gasteiger partial charge in [-0.1, -0.05) is 13.8 Å². The van der Waals surface area contributed by atoms with Crippen molar-refractivity contribution in [2.24, 2.45) is 7.05 Å². The number of aromatic carboxylic acids is 1. The van der Waals surface area contributed by atoms with E-state index in [9.17, 15) is 9.90 Å². The van der Waals surface area contributed by atoms with E-state index >= 15 is 0 Å². The lowest BCUT2D eigenvalue weighted by Crippen LogP contribution is -2.02. The molecule has 2 aromatic heterocycles. The molecule has 5 heteroatoms. The fourth-order valence-electron chi connectivity index (χ4n) is 2.36. The van der Waals surface area contributed by atoms with Gasteiger partial charge in [-0.3, -0.25) is 9.67 Å². The fourth-order valence-corrected chi connectivity index (χ4v) is 2.36. The maximum Gasteiger partial charge on any atom is 0.336 e. The largest absolute Gasteiger partial charge is 0.478 e. The second-order valence-electron chi connectivity index (χ2n) is 4.33. The Morgan fingerprint density at radius 2 is 2.11 bits per heavy atom. The third-order valence-corrected chi connectivity index (χ3v) is 3.23. The Bertz CT molecular complexity index is 617. The summed E-state index contributed by atoms with van der Waals surface area (Å²) in [5.41, 5.74) is 3.78. The Morgan fingerprint density at radius 1 is 1.37 bits per heavy atom. The summed E-state index contributed by atoms with van der Waals surface area (Å²) in [7, 11) is 1.89. The van der Waals surface area contributed by atoms with Crippen molar-refractivity contribution in [3.63, 3.8) is 0 Å². The molecule has 0 saturated carbocycles. The van der Waals surface area contributed by atoms with Crippen LogP contribution in [-0.2, 0) is 19.9 Å². The minimum absolute atomic E-state index is 0.271. The average molecular weight is 259 g/mol. The predicted octanol–water partition coefficient (Wildman–Crippen LogP) is 2.31. The topological polar surface area (TPSA) is 68.0 Å². The standard InChI is InChI=1S/C14H17N3O2/c1-4-11-13(12(5-2)17(3)16-11)10-8-15-7-6-9(10)14(18)19/h6-8H,4-5H2,1-3H3,(H,18,19). The van der Waals surface area contributed by atoms with Crippen LogP contribution in [0.15, 0.2) is 18.5 Å². The van der Waals surface area contributed by atoms with E-state index in [1.54, 1.807) is 6.20 Å². The van der Waals surface area contributed by atoms with Gasteiger partial charge in [0.1, 0.15) is 0 Å². The average Bonchev–Trinajstić information content (AvgIpc) is 2.74. The molecule has 19 heavy (non-hydrogen) atoms. The summed E-state index contributed by atoms with van der Waals surface area (Å²) in [5, 5.41) is 13.8. The molecule has 0 fully saturated rings. The summed E-state index contributed by atoms with van der Waals surface area (Å²) in [6.45, 7) is 4.05. The zero-order chi connectivity index (χ0) is 14.0. The summed E-state index contributed by atoms with van der Waals surface area (Å²) >= 11 is 0. The molecule has 0 radical (unpaired) electrons. The second-order valence-corrected chi connectivity index (χ2v) is 4.33. The third-order valence-electron chi connectivity index (χ3n) is 3.23. The van der Waals surface area contributed by atoms with Gasteiger partial charge in [0.2, 0.25) is 0 Å². The van der Waals surface area contributed by atoms with Gasteiger partial charge in [-0.25, -0.2) is 4.79 Å². The van der Waals surface area contributed by atoms with E-state index in [4.69, 9.17) is 0 Å². The maximum atomic E-state index is 11.3. The summed E-state index contributed by atoms with van der Waals surface area (Å²) in [6.07, 6.45) is 4.67. The highest BCUT2D eigenvalue weighted by Gasteiger charge is 2.20. The second kappa shape index (κ2) is 5.22. The zero-order valence-corrected chi connectivity index (χ0v) is 11.3. The minimum Gasteiger partial charge on any atom is -0.478 e. The van der Waals surface area contributed by atoms with Crippen LogP contribution in [0.5, 0.6) is 0 Å². The molecule has 1 N–H and O–H groups in total. The number of pyridine rings is 1. The number of aromatic nitrogens is 3. The molecule has 0 bridgehead atoms. The van der Waals surface area contributed by atoms with E-state index in [1.165, 1.54) is 12.3 Å². The van der Waals surface area contributed by atoms with Crippen LogP contribution in [-0.4, -0.2) is 25.8 Å². The van der Waals surface area contributed by atoms with Crippen molar-refractivity contribution in [1.29, 1.82) is 0 Å². The van der Waals surface area contributed by atoms with Crippen molar-refractivity contribution >= 4 is 5.97 Å². The number of carboxylic acid groups (broad SMARTS) is 1. The van der Waals surface area contributed by atoms with E-state index in [0.717, 1.165) is 29.8 Å². The van der Waals surface area contributed by atoms with Gasteiger partial charge < -0.3 is 5.11 Å². The molecular weight excluding hydrogens is 242 g/mol. The molecule has 2 rings (SSSR count). The van der Waals surface area contributed by atoms with Crippen LogP contribution in [0.25, 0.3) is 11.1 Å². The SMILES string of the molecule is CCc1nn(C)c(CC)c1-c1cnccc1C(=O)O. The van der Waals surface area contributed by atoms with E-state index in [0.29, 0.717) is 5.56 Å². The molecule has 100 valence electrons. The van der Waals surface area contributed by atoms with E-state index in [2.05, 4.69) is 10.1 Å². The first-order valence-corrected chi connectivity index (χ1v) is 6.32. The van der Waals surface area contributed by atoms with E-state index in [-0.39, 0.29) is 5.56 Å². The number of nitrogens with zero attached hydrogens (tertiary/aromatic N) is 3. The number of aryl methyl sites for hydroxylation is 2. The monoisotopic (exact) mass is 259 g/mol. The lowest BCUT2D eigenvalue weighted by Gasteiger charge is -2.08. The molecule has 0 aliphatic heterocycles. The maximum absolute atomic E-state index is 11.3. The van der Waals surface area contributed by atoms with Gasteiger partial charge in [0.05, 0.1) is 11.3 Å². The van der Waals surface area contributed by atoms with Gasteiger partial charge in [-0.15, -0.1) is 0 Å². The van der Waals surface area contributed by atoms with Crippen molar-refractivity contribution in [3.8, 4) is 11.1 Å². The quantitative estimate of drug-likeness (QED) is 0.914. The number of hydrogen-bond acceptors (Lipinski definition) is 3. The molecule has 0 atom stereocenters. The molecule has 0 spiro atoms. The first-order chi connectivity index (χ1) is 9.10. The van der Waals surface area contributed by atoms with Gasteiger partial charge in [0.15, 0.2) is 0 Å². The van der Waals surface area contributed by atoms with Gasteiger partial charge in [-0.2, -0.15) is 5.10 Å². The Labute approximate surface area is 111 Å².